The molecule has 20 heavy (non-hydrogen) atoms. The van der Waals surface area contributed by atoms with Crippen LogP contribution in [0, 0.1) is 12.7 Å². The fraction of sp³-hybridized carbons (Fsp3) is 0.294. The fourth-order valence-corrected chi connectivity index (χ4v) is 2.18. The van der Waals surface area contributed by atoms with Crippen LogP contribution in [0.3, 0.4) is 0 Å². The summed E-state index contributed by atoms with van der Waals surface area (Å²) in [6, 6.07) is 13.5. The third-order valence-electron chi connectivity index (χ3n) is 3.34. The summed E-state index contributed by atoms with van der Waals surface area (Å²) in [6.45, 7) is 5.65. The van der Waals surface area contributed by atoms with Crippen molar-refractivity contribution in [1.82, 2.24) is 5.32 Å². The van der Waals surface area contributed by atoms with Crippen LogP contribution in [0.5, 0.6) is 0 Å². The highest BCUT2D eigenvalue weighted by atomic mass is 19.1. The monoisotopic (exact) mass is 272 g/mol. The van der Waals surface area contributed by atoms with E-state index in [1.807, 2.05) is 62.2 Å². The Bertz CT molecular complexity index is 581. The molecular weight excluding hydrogens is 251 g/mol. The Balaban J connectivity index is 2.24. The quantitative estimate of drug-likeness (QED) is 0.884. The Morgan fingerprint density at radius 2 is 1.95 bits per heavy atom. The van der Waals surface area contributed by atoms with Crippen LogP contribution in [0.2, 0.25) is 0 Å². The molecular formula is C17H21FN2. The van der Waals surface area contributed by atoms with Crippen LogP contribution in [0.1, 0.15) is 18.1 Å². The average Bonchev–Trinajstić information content (AvgIpc) is 2.44. The van der Waals surface area contributed by atoms with Gasteiger partial charge in [-0.2, -0.15) is 0 Å². The standard InChI is InChI=1S/C17H21FN2/c1-4-19-12-14-8-9-17(16(18)11-14)20(3)15-7-5-6-13(2)10-15/h5-11,19H,4,12H2,1-3H3. The average molecular weight is 272 g/mol. The third-order valence-corrected chi connectivity index (χ3v) is 3.34. The lowest BCUT2D eigenvalue weighted by atomic mass is 10.1. The fourth-order valence-electron chi connectivity index (χ4n) is 2.18. The van der Waals surface area contributed by atoms with Crippen LogP contribution < -0.4 is 10.2 Å². The van der Waals surface area contributed by atoms with Crippen molar-refractivity contribution in [3.63, 3.8) is 0 Å². The van der Waals surface area contributed by atoms with Gasteiger partial charge in [0, 0.05) is 19.3 Å². The van der Waals surface area contributed by atoms with Gasteiger partial charge in [-0.1, -0.05) is 25.1 Å². The first-order valence-electron chi connectivity index (χ1n) is 6.91. The number of benzene rings is 2. The molecule has 0 aliphatic rings. The molecule has 0 spiro atoms. The van der Waals surface area contributed by atoms with E-state index < -0.39 is 0 Å². The summed E-state index contributed by atoms with van der Waals surface area (Å²) in [5.41, 5.74) is 3.71. The van der Waals surface area contributed by atoms with Gasteiger partial charge in [-0.05, 0) is 48.9 Å². The van der Waals surface area contributed by atoms with Crippen molar-refractivity contribution in [2.45, 2.75) is 20.4 Å². The van der Waals surface area contributed by atoms with Gasteiger partial charge in [-0.25, -0.2) is 4.39 Å². The first kappa shape index (κ1) is 14.5. The maximum absolute atomic E-state index is 14.2. The molecule has 0 amide bonds. The van der Waals surface area contributed by atoms with E-state index in [2.05, 4.69) is 5.32 Å². The zero-order chi connectivity index (χ0) is 14.5. The molecule has 2 rings (SSSR count). The molecule has 0 aliphatic carbocycles. The summed E-state index contributed by atoms with van der Waals surface area (Å²) in [4.78, 5) is 1.87. The minimum atomic E-state index is -0.190. The topological polar surface area (TPSA) is 15.3 Å². The second kappa shape index (κ2) is 6.53. The normalized spacial score (nSPS) is 10.6. The Morgan fingerprint density at radius 1 is 1.15 bits per heavy atom. The molecule has 0 heterocycles. The van der Waals surface area contributed by atoms with Gasteiger partial charge < -0.3 is 10.2 Å². The summed E-state index contributed by atoms with van der Waals surface area (Å²) in [7, 11) is 1.89. The molecule has 0 bridgehead atoms. The zero-order valence-electron chi connectivity index (χ0n) is 12.3. The van der Waals surface area contributed by atoms with Crippen LogP contribution in [0.25, 0.3) is 0 Å². The Labute approximate surface area is 120 Å². The number of hydrogen-bond acceptors (Lipinski definition) is 2. The first-order valence-corrected chi connectivity index (χ1v) is 6.91. The van der Waals surface area contributed by atoms with Gasteiger partial charge in [0.1, 0.15) is 5.82 Å². The van der Waals surface area contributed by atoms with E-state index in [0.717, 1.165) is 17.8 Å². The number of nitrogens with one attached hydrogen (secondary N) is 1. The minimum absolute atomic E-state index is 0.190. The molecule has 1 N–H and O–H groups in total. The maximum Gasteiger partial charge on any atom is 0.147 e. The molecule has 2 nitrogen and oxygen atoms in total. The van der Waals surface area contributed by atoms with E-state index >= 15 is 0 Å². The predicted octanol–water partition coefficient (Wildman–Crippen LogP) is 4.01. The molecule has 2 aromatic carbocycles. The van der Waals surface area contributed by atoms with Crippen molar-refractivity contribution in [1.29, 1.82) is 0 Å². The number of halogens is 1. The lowest BCUT2D eigenvalue weighted by Gasteiger charge is -2.21. The van der Waals surface area contributed by atoms with Crippen LogP contribution in [0.15, 0.2) is 42.5 Å². The molecule has 0 aliphatic heterocycles. The van der Waals surface area contributed by atoms with Crippen LogP contribution in [-0.2, 0) is 6.54 Å². The highest BCUT2D eigenvalue weighted by Gasteiger charge is 2.10. The molecule has 0 saturated carbocycles. The van der Waals surface area contributed by atoms with Crippen molar-refractivity contribution in [2.24, 2.45) is 0 Å². The van der Waals surface area contributed by atoms with Crippen LogP contribution in [0.4, 0.5) is 15.8 Å². The molecule has 0 aromatic heterocycles. The van der Waals surface area contributed by atoms with Crippen molar-refractivity contribution in [3.8, 4) is 0 Å². The van der Waals surface area contributed by atoms with E-state index in [1.54, 1.807) is 6.07 Å². The van der Waals surface area contributed by atoms with Gasteiger partial charge in [0.2, 0.25) is 0 Å². The molecule has 2 aromatic rings. The predicted molar refractivity (Wildman–Crippen MR) is 83.0 cm³/mol. The van der Waals surface area contributed by atoms with Gasteiger partial charge in [0.25, 0.3) is 0 Å². The summed E-state index contributed by atoms with van der Waals surface area (Å²) < 4.78 is 14.2. The number of nitrogens with zero attached hydrogens (tertiary/aromatic N) is 1. The van der Waals surface area contributed by atoms with Crippen LogP contribution in [-0.4, -0.2) is 13.6 Å². The van der Waals surface area contributed by atoms with E-state index in [-0.39, 0.29) is 5.82 Å². The van der Waals surface area contributed by atoms with Crippen molar-refractivity contribution < 1.29 is 4.39 Å². The van der Waals surface area contributed by atoms with Gasteiger partial charge >= 0.3 is 0 Å². The summed E-state index contributed by atoms with van der Waals surface area (Å²) in [5.74, 6) is -0.190. The zero-order valence-corrected chi connectivity index (χ0v) is 12.3. The highest BCUT2D eigenvalue weighted by molar-refractivity contribution is 5.63. The van der Waals surface area contributed by atoms with E-state index in [9.17, 15) is 4.39 Å². The molecule has 3 heteroatoms. The minimum Gasteiger partial charge on any atom is -0.342 e. The largest absolute Gasteiger partial charge is 0.342 e. The first-order chi connectivity index (χ1) is 9.61. The second-order valence-corrected chi connectivity index (χ2v) is 4.96. The lowest BCUT2D eigenvalue weighted by Crippen LogP contribution is -2.14. The smallest absolute Gasteiger partial charge is 0.147 e. The molecule has 0 unspecified atom stereocenters. The summed E-state index contributed by atoms with van der Waals surface area (Å²) in [5, 5.41) is 3.20. The summed E-state index contributed by atoms with van der Waals surface area (Å²) >= 11 is 0. The molecule has 0 fully saturated rings. The maximum atomic E-state index is 14.2. The van der Waals surface area contributed by atoms with Gasteiger partial charge in [-0.15, -0.1) is 0 Å². The summed E-state index contributed by atoms with van der Waals surface area (Å²) in [6.07, 6.45) is 0. The highest BCUT2D eigenvalue weighted by Crippen LogP contribution is 2.27. The number of rotatable bonds is 5. The van der Waals surface area contributed by atoms with E-state index in [1.165, 1.54) is 5.56 Å². The van der Waals surface area contributed by atoms with E-state index in [0.29, 0.717) is 12.2 Å². The lowest BCUT2D eigenvalue weighted by molar-refractivity contribution is 0.622. The van der Waals surface area contributed by atoms with Gasteiger partial charge in [0.05, 0.1) is 5.69 Å². The van der Waals surface area contributed by atoms with Gasteiger partial charge in [-0.3, -0.25) is 0 Å². The van der Waals surface area contributed by atoms with Crippen molar-refractivity contribution in [2.75, 3.05) is 18.5 Å². The Hall–Kier alpha value is -1.87. The molecule has 0 atom stereocenters. The van der Waals surface area contributed by atoms with Gasteiger partial charge in [0.15, 0.2) is 0 Å². The molecule has 106 valence electrons. The second-order valence-electron chi connectivity index (χ2n) is 4.96. The molecule has 0 saturated heterocycles. The SMILES string of the molecule is CCNCc1ccc(N(C)c2cccc(C)c2)c(F)c1. The number of aryl methyl sites for hydroxylation is 1. The Kier molecular flexibility index (Phi) is 4.74. The van der Waals surface area contributed by atoms with Crippen LogP contribution >= 0.6 is 0 Å². The van der Waals surface area contributed by atoms with E-state index in [4.69, 9.17) is 0 Å². The number of anilines is 2. The van der Waals surface area contributed by atoms with Crippen molar-refractivity contribution >= 4 is 11.4 Å². The Morgan fingerprint density at radius 3 is 2.60 bits per heavy atom. The molecule has 0 radical (unpaired) electrons. The number of hydrogen-bond donors (Lipinski definition) is 1. The third kappa shape index (κ3) is 3.36. The van der Waals surface area contributed by atoms with Crippen molar-refractivity contribution in [3.05, 3.63) is 59.4 Å².